The number of hydrogen-bond donors (Lipinski definition) is 3. The number of benzene rings is 1. The monoisotopic (exact) mass is 228 g/mol. The first-order valence-electron chi connectivity index (χ1n) is 4.91. The fourth-order valence-corrected chi connectivity index (χ4v) is 0.770. The summed E-state index contributed by atoms with van der Waals surface area (Å²) >= 11 is 0. The minimum absolute atomic E-state index is 0.112. The Morgan fingerprint density at radius 2 is 1.56 bits per heavy atom. The van der Waals surface area contributed by atoms with Crippen LogP contribution in [0.15, 0.2) is 30.3 Å². The van der Waals surface area contributed by atoms with Crippen molar-refractivity contribution in [3.63, 3.8) is 0 Å². The topological polar surface area (TPSA) is 77.8 Å². The van der Waals surface area contributed by atoms with Crippen molar-refractivity contribution in [2.75, 3.05) is 7.11 Å². The molecule has 0 unspecified atom stereocenters. The number of hydrogen-bond acceptors (Lipinski definition) is 3. The summed E-state index contributed by atoms with van der Waals surface area (Å²) in [4.78, 5) is 10.2. The molecular formula is C12H20O4. The van der Waals surface area contributed by atoms with Gasteiger partial charge in [-0.1, -0.05) is 30.3 Å². The molecule has 0 fully saturated rings. The zero-order valence-electron chi connectivity index (χ0n) is 9.92. The molecule has 92 valence electrons. The highest BCUT2D eigenvalue weighted by Crippen LogP contribution is 1.98. The summed E-state index contributed by atoms with van der Waals surface area (Å²) in [6.45, 7) is 3.44. The second-order valence-electron chi connectivity index (χ2n) is 3.15. The van der Waals surface area contributed by atoms with Crippen LogP contribution in [0, 0.1) is 0 Å². The second kappa shape index (κ2) is 11.7. The molecule has 1 aromatic carbocycles. The molecule has 0 atom stereocenters. The van der Waals surface area contributed by atoms with Crippen molar-refractivity contribution in [1.82, 2.24) is 0 Å². The van der Waals surface area contributed by atoms with Crippen molar-refractivity contribution in [3.8, 4) is 0 Å². The Hall–Kier alpha value is -1.39. The van der Waals surface area contributed by atoms with E-state index in [0.29, 0.717) is 0 Å². The molecule has 0 aliphatic heterocycles. The van der Waals surface area contributed by atoms with Crippen LogP contribution in [-0.4, -0.2) is 34.5 Å². The minimum Gasteiger partial charge on any atom is -0.481 e. The average Bonchev–Trinajstić information content (AvgIpc) is 2.20. The summed E-state index contributed by atoms with van der Waals surface area (Å²) < 4.78 is 0. The lowest BCUT2D eigenvalue weighted by Gasteiger charge is -1.92. The van der Waals surface area contributed by atoms with Gasteiger partial charge in [-0.25, -0.2) is 0 Å². The van der Waals surface area contributed by atoms with Crippen molar-refractivity contribution < 1.29 is 20.1 Å². The fourth-order valence-electron chi connectivity index (χ4n) is 0.770. The lowest BCUT2D eigenvalue weighted by Crippen LogP contribution is -1.98. The van der Waals surface area contributed by atoms with E-state index in [4.69, 9.17) is 15.3 Å². The van der Waals surface area contributed by atoms with Crippen LogP contribution in [0.3, 0.4) is 0 Å². The maximum atomic E-state index is 10.2. The fraction of sp³-hybridized carbons (Fsp3) is 0.417. The lowest BCUT2D eigenvalue weighted by atomic mass is 10.2. The number of carboxylic acids is 1. The SMILES string of the molecule is CC(C)O.CO.O=C(O)Cc1ccccc1. The van der Waals surface area contributed by atoms with Crippen LogP contribution in [0.1, 0.15) is 19.4 Å². The van der Waals surface area contributed by atoms with Gasteiger partial charge in [0, 0.05) is 13.2 Å². The molecule has 1 aromatic rings. The molecule has 1 rings (SSSR count). The van der Waals surface area contributed by atoms with Crippen molar-refractivity contribution in [2.45, 2.75) is 26.4 Å². The standard InChI is InChI=1S/C8H8O2.C3H8O.CH4O/c9-8(10)6-7-4-2-1-3-5-7;1-3(2)4;1-2/h1-5H,6H2,(H,9,10);3-4H,1-2H3;2H,1H3. The van der Waals surface area contributed by atoms with E-state index < -0.39 is 5.97 Å². The molecule has 0 aliphatic carbocycles. The van der Waals surface area contributed by atoms with Gasteiger partial charge in [0.05, 0.1) is 6.42 Å². The Bertz CT molecular complexity index is 254. The first-order chi connectivity index (χ1) is 7.52. The predicted octanol–water partition coefficient (Wildman–Crippen LogP) is 1.31. The summed E-state index contributed by atoms with van der Waals surface area (Å²) in [7, 11) is 1.00. The van der Waals surface area contributed by atoms with Gasteiger partial charge in [-0.05, 0) is 19.4 Å². The Balaban J connectivity index is 0. The normalized spacial score (nSPS) is 8.38. The minimum atomic E-state index is -0.786. The molecule has 0 saturated carbocycles. The third kappa shape index (κ3) is 15.1. The van der Waals surface area contributed by atoms with Gasteiger partial charge < -0.3 is 15.3 Å². The first-order valence-corrected chi connectivity index (χ1v) is 4.91. The highest BCUT2D eigenvalue weighted by molar-refractivity contribution is 5.70. The third-order valence-electron chi connectivity index (χ3n) is 1.20. The van der Waals surface area contributed by atoms with Crippen molar-refractivity contribution in [3.05, 3.63) is 35.9 Å². The summed E-state index contributed by atoms with van der Waals surface area (Å²) in [6, 6.07) is 9.13. The number of carbonyl (C=O) groups is 1. The van der Waals surface area contributed by atoms with E-state index in [1.807, 2.05) is 18.2 Å². The van der Waals surface area contributed by atoms with E-state index in [0.717, 1.165) is 12.7 Å². The average molecular weight is 228 g/mol. The van der Waals surface area contributed by atoms with Gasteiger partial charge in [-0.3, -0.25) is 4.79 Å². The van der Waals surface area contributed by atoms with Crippen LogP contribution < -0.4 is 0 Å². The molecule has 0 heterocycles. The van der Waals surface area contributed by atoms with E-state index in [1.54, 1.807) is 26.0 Å². The quantitative estimate of drug-likeness (QED) is 0.713. The molecule has 3 N–H and O–H groups in total. The number of aliphatic carboxylic acids is 1. The van der Waals surface area contributed by atoms with Crippen LogP contribution in [0.4, 0.5) is 0 Å². The number of rotatable bonds is 2. The van der Waals surface area contributed by atoms with Crippen molar-refractivity contribution >= 4 is 5.97 Å². The summed E-state index contributed by atoms with van der Waals surface area (Å²) in [5.74, 6) is -0.786. The number of aliphatic hydroxyl groups is 2. The van der Waals surface area contributed by atoms with Crippen LogP contribution in [0.5, 0.6) is 0 Å². The van der Waals surface area contributed by atoms with E-state index in [9.17, 15) is 4.79 Å². The lowest BCUT2D eigenvalue weighted by molar-refractivity contribution is -0.136. The molecule has 0 amide bonds. The van der Waals surface area contributed by atoms with E-state index in [-0.39, 0.29) is 12.5 Å². The Morgan fingerprint density at radius 1 is 1.19 bits per heavy atom. The van der Waals surface area contributed by atoms with Crippen LogP contribution in [0.2, 0.25) is 0 Å². The molecule has 4 nitrogen and oxygen atoms in total. The second-order valence-corrected chi connectivity index (χ2v) is 3.15. The predicted molar refractivity (Wildman–Crippen MR) is 63.3 cm³/mol. The van der Waals surface area contributed by atoms with Gasteiger partial charge in [-0.2, -0.15) is 0 Å². The van der Waals surface area contributed by atoms with Gasteiger partial charge in [0.2, 0.25) is 0 Å². The van der Waals surface area contributed by atoms with E-state index >= 15 is 0 Å². The largest absolute Gasteiger partial charge is 0.481 e. The number of carboxylic acid groups (broad SMARTS) is 1. The summed E-state index contributed by atoms with van der Waals surface area (Å²) in [5.41, 5.74) is 0.843. The molecule has 0 bridgehead atoms. The third-order valence-corrected chi connectivity index (χ3v) is 1.20. The smallest absolute Gasteiger partial charge is 0.307 e. The molecule has 0 radical (unpaired) electrons. The zero-order chi connectivity index (χ0) is 13.0. The molecule has 16 heavy (non-hydrogen) atoms. The van der Waals surface area contributed by atoms with Crippen LogP contribution >= 0.6 is 0 Å². The first kappa shape index (κ1) is 17.0. The van der Waals surface area contributed by atoms with Crippen LogP contribution in [0.25, 0.3) is 0 Å². The summed E-state index contributed by atoms with van der Waals surface area (Å²) in [6.07, 6.45) is -0.0547. The number of aliphatic hydroxyl groups excluding tert-OH is 2. The van der Waals surface area contributed by atoms with Crippen molar-refractivity contribution in [2.24, 2.45) is 0 Å². The van der Waals surface area contributed by atoms with Gasteiger partial charge in [0.1, 0.15) is 0 Å². The highest BCUT2D eigenvalue weighted by Gasteiger charge is 1.96. The molecular weight excluding hydrogens is 208 g/mol. The van der Waals surface area contributed by atoms with Gasteiger partial charge in [0.25, 0.3) is 0 Å². The summed E-state index contributed by atoms with van der Waals surface area (Å²) in [5, 5.41) is 23.4. The Morgan fingerprint density at radius 3 is 1.88 bits per heavy atom. The molecule has 4 heteroatoms. The zero-order valence-corrected chi connectivity index (χ0v) is 9.92. The highest BCUT2D eigenvalue weighted by atomic mass is 16.4. The van der Waals surface area contributed by atoms with E-state index in [1.165, 1.54) is 0 Å². The molecule has 0 saturated heterocycles. The molecule has 0 aliphatic rings. The molecule has 0 spiro atoms. The van der Waals surface area contributed by atoms with Gasteiger partial charge >= 0.3 is 5.97 Å². The van der Waals surface area contributed by atoms with Gasteiger partial charge in [-0.15, -0.1) is 0 Å². The Labute approximate surface area is 96.2 Å². The Kier molecular flexibility index (Phi) is 12.4. The van der Waals surface area contributed by atoms with Gasteiger partial charge in [0.15, 0.2) is 0 Å². The maximum Gasteiger partial charge on any atom is 0.307 e. The van der Waals surface area contributed by atoms with E-state index in [2.05, 4.69) is 0 Å². The molecule has 0 aromatic heterocycles. The van der Waals surface area contributed by atoms with Crippen LogP contribution in [-0.2, 0) is 11.2 Å². The van der Waals surface area contributed by atoms with Crippen molar-refractivity contribution in [1.29, 1.82) is 0 Å². The maximum absolute atomic E-state index is 10.2.